The number of halogens is 1. The van der Waals surface area contributed by atoms with Crippen LogP contribution >= 0.6 is 24.0 Å². The molecule has 1 aliphatic rings. The lowest BCUT2D eigenvalue weighted by molar-refractivity contribution is 0.0851. The molecule has 0 aromatic carbocycles. The minimum Gasteiger partial charge on any atom is -0.377 e. The van der Waals surface area contributed by atoms with Gasteiger partial charge in [-0.3, -0.25) is 4.99 Å². The number of nitrogens with two attached hydrogens (primary N) is 1. The zero-order chi connectivity index (χ0) is 12.0. The average Bonchev–Trinajstić information content (AvgIpc) is 2.24. The number of ether oxygens (including phenoxy) is 1. The van der Waals surface area contributed by atoms with Crippen LogP contribution in [-0.2, 0) is 4.74 Å². The quantitative estimate of drug-likeness (QED) is 0.364. The summed E-state index contributed by atoms with van der Waals surface area (Å²) >= 11 is 0. The largest absolute Gasteiger partial charge is 0.377 e. The van der Waals surface area contributed by atoms with E-state index in [4.69, 9.17) is 10.5 Å². The van der Waals surface area contributed by atoms with E-state index in [2.05, 4.69) is 16.8 Å². The van der Waals surface area contributed by atoms with Crippen molar-refractivity contribution in [3.63, 3.8) is 0 Å². The topological polar surface area (TPSA) is 50.8 Å². The SMILES string of the molecule is CC1CCCN(C(N)=NCCOC(C)C)C1.I. The first kappa shape index (κ1) is 17.0. The van der Waals surface area contributed by atoms with Crippen molar-refractivity contribution in [3.8, 4) is 0 Å². The third-order valence-corrected chi connectivity index (χ3v) is 2.80. The molecule has 1 unspecified atom stereocenters. The molecule has 1 heterocycles. The summed E-state index contributed by atoms with van der Waals surface area (Å²) < 4.78 is 5.42. The normalized spacial score (nSPS) is 21.5. The van der Waals surface area contributed by atoms with Crippen LogP contribution in [0.25, 0.3) is 0 Å². The number of hydrogen-bond donors (Lipinski definition) is 1. The van der Waals surface area contributed by atoms with Crippen molar-refractivity contribution in [2.24, 2.45) is 16.6 Å². The van der Waals surface area contributed by atoms with Gasteiger partial charge < -0.3 is 15.4 Å². The second-order valence-electron chi connectivity index (χ2n) is 4.85. The summed E-state index contributed by atoms with van der Waals surface area (Å²) in [5.74, 6) is 1.41. The van der Waals surface area contributed by atoms with Crippen LogP contribution in [0, 0.1) is 5.92 Å². The molecule has 1 aliphatic heterocycles. The lowest BCUT2D eigenvalue weighted by Crippen LogP contribution is -2.43. The first-order valence-electron chi connectivity index (χ1n) is 6.26. The lowest BCUT2D eigenvalue weighted by atomic mass is 10.0. The van der Waals surface area contributed by atoms with Crippen molar-refractivity contribution in [2.75, 3.05) is 26.2 Å². The van der Waals surface area contributed by atoms with E-state index in [0.717, 1.165) is 19.0 Å². The van der Waals surface area contributed by atoms with Gasteiger partial charge in [0.05, 0.1) is 19.3 Å². The number of aliphatic imine (C=N–C) groups is 1. The van der Waals surface area contributed by atoms with E-state index in [0.29, 0.717) is 19.1 Å². The fourth-order valence-corrected chi connectivity index (χ4v) is 1.95. The molecule has 17 heavy (non-hydrogen) atoms. The molecule has 1 rings (SSSR count). The molecule has 1 fully saturated rings. The van der Waals surface area contributed by atoms with Crippen LogP contribution in [0.4, 0.5) is 0 Å². The predicted molar refractivity (Wildman–Crippen MR) is 83.0 cm³/mol. The first-order valence-corrected chi connectivity index (χ1v) is 6.26. The van der Waals surface area contributed by atoms with Crippen LogP contribution < -0.4 is 5.73 Å². The Labute approximate surface area is 122 Å². The Morgan fingerprint density at radius 1 is 1.53 bits per heavy atom. The standard InChI is InChI=1S/C12H25N3O.HI/c1-10(2)16-8-6-14-12(13)15-7-4-5-11(3)9-15;/h10-11H,4-9H2,1-3H3,(H2,13,14);1H. The zero-order valence-electron chi connectivity index (χ0n) is 11.2. The van der Waals surface area contributed by atoms with Gasteiger partial charge in [-0.25, -0.2) is 0 Å². The molecule has 5 heteroatoms. The van der Waals surface area contributed by atoms with Gasteiger partial charge in [0.15, 0.2) is 5.96 Å². The Hall–Kier alpha value is -0.0400. The minimum atomic E-state index is 0. The van der Waals surface area contributed by atoms with Crippen molar-refractivity contribution < 1.29 is 4.74 Å². The summed E-state index contributed by atoms with van der Waals surface area (Å²) in [7, 11) is 0. The van der Waals surface area contributed by atoms with Gasteiger partial charge in [-0.2, -0.15) is 0 Å². The van der Waals surface area contributed by atoms with E-state index in [1.807, 2.05) is 13.8 Å². The molecule has 0 amide bonds. The van der Waals surface area contributed by atoms with Crippen LogP contribution in [0.3, 0.4) is 0 Å². The van der Waals surface area contributed by atoms with Gasteiger partial charge in [-0.1, -0.05) is 6.92 Å². The van der Waals surface area contributed by atoms with Gasteiger partial charge in [0.1, 0.15) is 0 Å². The first-order chi connectivity index (χ1) is 7.59. The fourth-order valence-electron chi connectivity index (χ4n) is 1.95. The van der Waals surface area contributed by atoms with Crippen LogP contribution in [0.1, 0.15) is 33.6 Å². The summed E-state index contributed by atoms with van der Waals surface area (Å²) in [6, 6.07) is 0. The summed E-state index contributed by atoms with van der Waals surface area (Å²) in [5, 5.41) is 0. The third-order valence-electron chi connectivity index (χ3n) is 2.80. The van der Waals surface area contributed by atoms with E-state index in [1.54, 1.807) is 0 Å². The molecule has 1 saturated heterocycles. The average molecular weight is 355 g/mol. The summed E-state index contributed by atoms with van der Waals surface area (Å²) in [5.41, 5.74) is 5.95. The maximum absolute atomic E-state index is 5.95. The Bertz CT molecular complexity index is 234. The van der Waals surface area contributed by atoms with E-state index in [9.17, 15) is 0 Å². The number of guanidine groups is 1. The number of hydrogen-bond acceptors (Lipinski definition) is 2. The van der Waals surface area contributed by atoms with E-state index >= 15 is 0 Å². The highest BCUT2D eigenvalue weighted by Gasteiger charge is 2.17. The Balaban J connectivity index is 0.00000256. The molecule has 0 spiro atoms. The molecule has 0 aromatic heterocycles. The van der Waals surface area contributed by atoms with Crippen molar-refractivity contribution in [3.05, 3.63) is 0 Å². The summed E-state index contributed by atoms with van der Waals surface area (Å²) in [6.07, 6.45) is 2.80. The number of piperidine rings is 1. The zero-order valence-corrected chi connectivity index (χ0v) is 13.5. The second-order valence-corrected chi connectivity index (χ2v) is 4.85. The molecule has 4 nitrogen and oxygen atoms in total. The molecule has 0 aliphatic carbocycles. The molecule has 2 N–H and O–H groups in total. The predicted octanol–water partition coefficient (Wildman–Crippen LogP) is 2.08. The number of nitrogens with zero attached hydrogens (tertiary/aromatic N) is 2. The molecular weight excluding hydrogens is 329 g/mol. The van der Waals surface area contributed by atoms with Crippen LogP contribution in [0.2, 0.25) is 0 Å². The number of rotatable bonds is 4. The summed E-state index contributed by atoms with van der Waals surface area (Å²) in [4.78, 5) is 6.53. The maximum Gasteiger partial charge on any atom is 0.191 e. The lowest BCUT2D eigenvalue weighted by Gasteiger charge is -2.31. The van der Waals surface area contributed by atoms with Crippen molar-refractivity contribution in [2.45, 2.75) is 39.7 Å². The van der Waals surface area contributed by atoms with E-state index < -0.39 is 0 Å². The van der Waals surface area contributed by atoms with Gasteiger partial charge in [-0.05, 0) is 32.6 Å². The monoisotopic (exact) mass is 355 g/mol. The fraction of sp³-hybridized carbons (Fsp3) is 0.917. The van der Waals surface area contributed by atoms with E-state index in [1.165, 1.54) is 12.8 Å². The van der Waals surface area contributed by atoms with Crippen molar-refractivity contribution in [1.29, 1.82) is 0 Å². The molecule has 0 aromatic rings. The van der Waals surface area contributed by atoms with Crippen LogP contribution in [-0.4, -0.2) is 43.2 Å². The molecule has 0 saturated carbocycles. The molecule has 1 atom stereocenters. The molecule has 0 radical (unpaired) electrons. The Kier molecular flexibility index (Phi) is 8.94. The maximum atomic E-state index is 5.95. The number of likely N-dealkylation sites (tertiary alicyclic amines) is 1. The van der Waals surface area contributed by atoms with Gasteiger partial charge in [0, 0.05) is 13.1 Å². The van der Waals surface area contributed by atoms with Gasteiger partial charge in [-0.15, -0.1) is 24.0 Å². The highest BCUT2D eigenvalue weighted by Crippen LogP contribution is 2.14. The second kappa shape index (κ2) is 8.97. The third kappa shape index (κ3) is 7.08. The highest BCUT2D eigenvalue weighted by atomic mass is 127. The van der Waals surface area contributed by atoms with Crippen LogP contribution in [0.5, 0.6) is 0 Å². The molecule has 102 valence electrons. The molecule has 0 bridgehead atoms. The van der Waals surface area contributed by atoms with Crippen LogP contribution in [0.15, 0.2) is 4.99 Å². The van der Waals surface area contributed by atoms with Gasteiger partial charge in [0.25, 0.3) is 0 Å². The highest BCUT2D eigenvalue weighted by molar-refractivity contribution is 14.0. The smallest absolute Gasteiger partial charge is 0.191 e. The minimum absolute atomic E-state index is 0. The Morgan fingerprint density at radius 2 is 2.24 bits per heavy atom. The summed E-state index contributed by atoms with van der Waals surface area (Å²) in [6.45, 7) is 9.72. The van der Waals surface area contributed by atoms with Gasteiger partial charge >= 0.3 is 0 Å². The van der Waals surface area contributed by atoms with Crippen molar-refractivity contribution in [1.82, 2.24) is 4.90 Å². The van der Waals surface area contributed by atoms with Crippen molar-refractivity contribution >= 4 is 29.9 Å². The Morgan fingerprint density at radius 3 is 2.82 bits per heavy atom. The van der Waals surface area contributed by atoms with Gasteiger partial charge in [0.2, 0.25) is 0 Å². The molecular formula is C12H26IN3O. The van der Waals surface area contributed by atoms with E-state index in [-0.39, 0.29) is 30.1 Å².